The van der Waals surface area contributed by atoms with Gasteiger partial charge in [0.1, 0.15) is 5.65 Å². The molecule has 0 amide bonds. The smallest absolute Gasteiger partial charge is 0.194 e. The second-order valence-corrected chi connectivity index (χ2v) is 7.63. The van der Waals surface area contributed by atoms with Gasteiger partial charge < -0.3 is 19.5 Å². The van der Waals surface area contributed by atoms with Crippen LogP contribution in [0.4, 0.5) is 18.9 Å². The molecule has 8 heteroatoms. The summed E-state index contributed by atoms with van der Waals surface area (Å²) in [6.45, 7) is 3.77. The normalized spacial score (nSPS) is 16.8. The number of aromatic amines is 1. The quantitative estimate of drug-likeness (QED) is 0.635. The molecule has 0 atom stereocenters. The number of aromatic nitrogens is 2. The van der Waals surface area contributed by atoms with Crippen molar-refractivity contribution in [3.63, 3.8) is 0 Å². The standard InChI is InChI=1S/C23H21F3N4O/c24-20-2-1-16(21(25)22(20)26)14-29-5-3-15(4-6-29)19-13-28-23-18(19)11-17(12-27-23)30-7-9-31-10-8-30/h1-5,11-13H,6-10,14H2,(H,27,28). The van der Waals surface area contributed by atoms with Crippen molar-refractivity contribution in [3.05, 3.63) is 77.5 Å². The zero-order chi connectivity index (χ0) is 21.4. The lowest BCUT2D eigenvalue weighted by Crippen LogP contribution is -2.36. The number of H-pyrrole nitrogens is 1. The fourth-order valence-corrected chi connectivity index (χ4v) is 3.98. The Morgan fingerprint density at radius 3 is 2.71 bits per heavy atom. The first-order valence-electron chi connectivity index (χ1n) is 10.1. The number of pyridine rings is 1. The van der Waals surface area contributed by atoms with E-state index >= 15 is 0 Å². The number of nitrogens with one attached hydrogen (secondary N) is 1. The number of hydrogen-bond acceptors (Lipinski definition) is 4. The van der Waals surface area contributed by atoms with Gasteiger partial charge in [0.25, 0.3) is 0 Å². The van der Waals surface area contributed by atoms with E-state index in [4.69, 9.17) is 4.74 Å². The summed E-state index contributed by atoms with van der Waals surface area (Å²) < 4.78 is 46.1. The van der Waals surface area contributed by atoms with Gasteiger partial charge in [-0.2, -0.15) is 0 Å². The Bertz CT molecular complexity index is 1180. The van der Waals surface area contributed by atoms with Crippen LogP contribution in [0.2, 0.25) is 0 Å². The molecule has 1 N–H and O–H groups in total. The van der Waals surface area contributed by atoms with Crippen LogP contribution in [-0.2, 0) is 11.3 Å². The average molecular weight is 426 g/mol. The number of morpholine rings is 1. The minimum Gasteiger partial charge on any atom is -0.378 e. The molecule has 4 heterocycles. The van der Waals surface area contributed by atoms with E-state index in [1.54, 1.807) is 0 Å². The molecule has 0 aliphatic carbocycles. The highest BCUT2D eigenvalue weighted by Gasteiger charge is 2.18. The molecule has 31 heavy (non-hydrogen) atoms. The summed E-state index contributed by atoms with van der Waals surface area (Å²) in [5.74, 6) is -3.75. The molecule has 0 radical (unpaired) electrons. The zero-order valence-electron chi connectivity index (χ0n) is 16.7. The Morgan fingerprint density at radius 1 is 1.10 bits per heavy atom. The van der Waals surface area contributed by atoms with Crippen molar-refractivity contribution in [1.82, 2.24) is 14.9 Å². The molecule has 160 valence electrons. The van der Waals surface area contributed by atoms with Crippen LogP contribution < -0.4 is 4.90 Å². The van der Waals surface area contributed by atoms with Crippen LogP contribution in [0.5, 0.6) is 0 Å². The Morgan fingerprint density at radius 2 is 1.94 bits per heavy atom. The maximum Gasteiger partial charge on any atom is 0.194 e. The van der Waals surface area contributed by atoms with Gasteiger partial charge in [-0.1, -0.05) is 12.1 Å². The molecule has 2 aliphatic heterocycles. The van der Waals surface area contributed by atoms with Crippen LogP contribution in [-0.4, -0.2) is 47.7 Å². The molecule has 0 unspecified atom stereocenters. The molecule has 3 aromatic rings. The molecule has 1 fully saturated rings. The van der Waals surface area contributed by atoms with Crippen molar-refractivity contribution in [2.75, 3.05) is 37.7 Å². The minimum atomic E-state index is -1.43. The lowest BCUT2D eigenvalue weighted by molar-refractivity contribution is 0.122. The number of allylic oxidation sites excluding steroid dienone is 2. The number of hydrogen-bond donors (Lipinski definition) is 1. The van der Waals surface area contributed by atoms with Crippen LogP contribution in [0.25, 0.3) is 16.6 Å². The van der Waals surface area contributed by atoms with Crippen molar-refractivity contribution in [1.29, 1.82) is 0 Å². The SMILES string of the molecule is Fc1ccc(CN2C=CC(c3c[nH]c4ncc(N5CCOCC5)cc34)=CC2)c(F)c1F. The van der Waals surface area contributed by atoms with Gasteiger partial charge >= 0.3 is 0 Å². The fourth-order valence-electron chi connectivity index (χ4n) is 3.98. The van der Waals surface area contributed by atoms with Crippen LogP contribution in [0, 0.1) is 17.5 Å². The number of fused-ring (bicyclic) bond motifs is 1. The Hall–Kier alpha value is -3.26. The summed E-state index contributed by atoms with van der Waals surface area (Å²) in [5.41, 5.74) is 4.05. The third-order valence-electron chi connectivity index (χ3n) is 5.70. The number of halogens is 3. The van der Waals surface area contributed by atoms with E-state index in [1.165, 1.54) is 6.07 Å². The van der Waals surface area contributed by atoms with Crippen LogP contribution in [0.15, 0.2) is 48.9 Å². The second kappa shape index (κ2) is 8.11. The largest absolute Gasteiger partial charge is 0.378 e. The van der Waals surface area contributed by atoms with E-state index in [9.17, 15) is 13.2 Å². The Labute approximate surface area is 177 Å². The Balaban J connectivity index is 1.35. The van der Waals surface area contributed by atoms with Crippen molar-refractivity contribution in [2.24, 2.45) is 0 Å². The van der Waals surface area contributed by atoms with Gasteiger partial charge in [0.05, 0.1) is 25.1 Å². The van der Waals surface area contributed by atoms with Crippen LogP contribution >= 0.6 is 0 Å². The molecule has 0 saturated carbocycles. The van der Waals surface area contributed by atoms with E-state index in [0.29, 0.717) is 19.8 Å². The summed E-state index contributed by atoms with van der Waals surface area (Å²) in [7, 11) is 0. The van der Waals surface area contributed by atoms with E-state index in [0.717, 1.165) is 47.0 Å². The molecule has 0 bridgehead atoms. The molecule has 1 saturated heterocycles. The molecule has 5 rings (SSSR count). The molecular weight excluding hydrogens is 405 g/mol. The lowest BCUT2D eigenvalue weighted by Gasteiger charge is -2.28. The summed E-state index contributed by atoms with van der Waals surface area (Å²) >= 11 is 0. The van der Waals surface area contributed by atoms with Gasteiger partial charge in [-0.3, -0.25) is 0 Å². The van der Waals surface area contributed by atoms with Crippen molar-refractivity contribution < 1.29 is 17.9 Å². The van der Waals surface area contributed by atoms with Crippen LogP contribution in [0.1, 0.15) is 11.1 Å². The number of benzene rings is 1. The van der Waals surface area contributed by atoms with Gasteiger partial charge in [-0.25, -0.2) is 18.2 Å². The maximum absolute atomic E-state index is 14.0. The summed E-state index contributed by atoms with van der Waals surface area (Å²) in [6.07, 6.45) is 9.61. The number of anilines is 1. The van der Waals surface area contributed by atoms with Gasteiger partial charge in [0.2, 0.25) is 0 Å². The topological polar surface area (TPSA) is 44.4 Å². The highest BCUT2D eigenvalue weighted by molar-refractivity contribution is 5.95. The van der Waals surface area contributed by atoms with E-state index in [1.807, 2.05) is 35.6 Å². The molecule has 1 aromatic carbocycles. The molecule has 2 aromatic heterocycles. The highest BCUT2D eigenvalue weighted by Crippen LogP contribution is 2.30. The van der Waals surface area contributed by atoms with Gasteiger partial charge in [-0.05, 0) is 23.8 Å². The number of rotatable bonds is 4. The predicted octanol–water partition coefficient (Wildman–Crippen LogP) is 4.23. The zero-order valence-corrected chi connectivity index (χ0v) is 16.7. The fraction of sp³-hybridized carbons (Fsp3) is 0.261. The second-order valence-electron chi connectivity index (χ2n) is 7.63. The predicted molar refractivity (Wildman–Crippen MR) is 113 cm³/mol. The van der Waals surface area contributed by atoms with Gasteiger partial charge in [0, 0.05) is 55.1 Å². The first-order chi connectivity index (χ1) is 15.1. The average Bonchev–Trinajstić information content (AvgIpc) is 3.24. The first kappa shape index (κ1) is 19.7. The summed E-state index contributed by atoms with van der Waals surface area (Å²) in [4.78, 5) is 11.9. The lowest BCUT2D eigenvalue weighted by atomic mass is 10.0. The summed E-state index contributed by atoms with van der Waals surface area (Å²) in [5, 5.41) is 1.03. The summed E-state index contributed by atoms with van der Waals surface area (Å²) in [6, 6.07) is 4.37. The van der Waals surface area contributed by atoms with Crippen molar-refractivity contribution in [3.8, 4) is 0 Å². The number of ether oxygens (including phenoxy) is 1. The Kier molecular flexibility index (Phi) is 5.15. The van der Waals surface area contributed by atoms with Gasteiger partial charge in [-0.15, -0.1) is 0 Å². The highest BCUT2D eigenvalue weighted by atomic mass is 19.2. The monoisotopic (exact) mass is 426 g/mol. The van der Waals surface area contributed by atoms with E-state index in [2.05, 4.69) is 20.9 Å². The van der Waals surface area contributed by atoms with Crippen molar-refractivity contribution in [2.45, 2.75) is 6.54 Å². The van der Waals surface area contributed by atoms with E-state index in [-0.39, 0.29) is 12.1 Å². The third-order valence-corrected chi connectivity index (χ3v) is 5.70. The van der Waals surface area contributed by atoms with Crippen molar-refractivity contribution >= 4 is 22.3 Å². The first-order valence-corrected chi connectivity index (χ1v) is 10.1. The molecular formula is C23H21F3N4O. The molecule has 2 aliphatic rings. The van der Waals surface area contributed by atoms with Gasteiger partial charge in [0.15, 0.2) is 17.5 Å². The minimum absolute atomic E-state index is 0.117. The molecule has 5 nitrogen and oxygen atoms in total. The van der Waals surface area contributed by atoms with Crippen LogP contribution in [0.3, 0.4) is 0 Å². The third kappa shape index (κ3) is 3.79. The maximum atomic E-state index is 14.0. The number of nitrogens with zero attached hydrogens (tertiary/aromatic N) is 3. The molecule has 0 spiro atoms. The van der Waals surface area contributed by atoms with E-state index < -0.39 is 17.5 Å².